The minimum atomic E-state index is -0.868. The van der Waals surface area contributed by atoms with Gasteiger partial charge in [0, 0.05) is 13.2 Å². The smallest absolute Gasteiger partial charge is 0.315 e. The van der Waals surface area contributed by atoms with Crippen molar-refractivity contribution in [1.82, 2.24) is 10.6 Å². The van der Waals surface area contributed by atoms with Gasteiger partial charge >= 0.3 is 12.0 Å². The third-order valence-corrected chi connectivity index (χ3v) is 3.75. The highest BCUT2D eigenvalue weighted by Crippen LogP contribution is 2.15. The van der Waals surface area contributed by atoms with E-state index in [0.29, 0.717) is 6.42 Å². The molecule has 0 spiro atoms. The number of carbonyl (C=O) groups excluding carboxylic acids is 1. The molecule has 0 aromatic rings. The Labute approximate surface area is 126 Å². The van der Waals surface area contributed by atoms with Crippen LogP contribution in [-0.2, 0) is 9.53 Å². The highest BCUT2D eigenvalue weighted by Gasteiger charge is 2.23. The summed E-state index contributed by atoms with van der Waals surface area (Å²) in [6.45, 7) is 6.75. The molecule has 1 rings (SSSR count). The van der Waals surface area contributed by atoms with E-state index in [9.17, 15) is 9.59 Å². The third kappa shape index (κ3) is 6.80. The molecule has 1 heterocycles. The number of carbonyl (C=O) groups is 2. The van der Waals surface area contributed by atoms with Crippen molar-refractivity contribution in [3.63, 3.8) is 0 Å². The zero-order valence-electron chi connectivity index (χ0n) is 13.2. The molecule has 3 atom stereocenters. The van der Waals surface area contributed by atoms with E-state index >= 15 is 0 Å². The summed E-state index contributed by atoms with van der Waals surface area (Å²) >= 11 is 0. The van der Waals surface area contributed by atoms with Crippen molar-refractivity contribution in [2.24, 2.45) is 11.8 Å². The molecule has 1 fully saturated rings. The molecule has 3 unspecified atom stereocenters. The maximum atomic E-state index is 11.8. The molecule has 3 N–H and O–H groups in total. The Kier molecular flexibility index (Phi) is 7.50. The van der Waals surface area contributed by atoms with Gasteiger partial charge in [-0.1, -0.05) is 13.8 Å². The lowest BCUT2D eigenvalue weighted by molar-refractivity contribution is -0.142. The number of ether oxygens (including phenoxy) is 1. The molecule has 0 aromatic carbocycles. The van der Waals surface area contributed by atoms with Gasteiger partial charge in [0.15, 0.2) is 0 Å². The van der Waals surface area contributed by atoms with E-state index in [2.05, 4.69) is 10.6 Å². The van der Waals surface area contributed by atoms with Gasteiger partial charge in [-0.2, -0.15) is 0 Å². The second-order valence-electron chi connectivity index (χ2n) is 6.21. The van der Waals surface area contributed by atoms with Crippen molar-refractivity contribution in [3.8, 4) is 0 Å². The third-order valence-electron chi connectivity index (χ3n) is 3.75. The van der Waals surface area contributed by atoms with Crippen LogP contribution in [0.1, 0.15) is 46.5 Å². The molecule has 0 aliphatic carbocycles. The molecular formula is C15H28N2O4. The van der Waals surface area contributed by atoms with Crippen LogP contribution < -0.4 is 10.6 Å². The van der Waals surface area contributed by atoms with Gasteiger partial charge < -0.3 is 20.5 Å². The maximum absolute atomic E-state index is 11.8. The van der Waals surface area contributed by atoms with Crippen LogP contribution in [0, 0.1) is 11.8 Å². The number of aliphatic carboxylic acids is 1. The Balaban J connectivity index is 2.32. The molecule has 1 saturated heterocycles. The molecule has 0 radical (unpaired) electrons. The largest absolute Gasteiger partial charge is 0.481 e. The number of hydrogen-bond donors (Lipinski definition) is 3. The van der Waals surface area contributed by atoms with Crippen LogP contribution >= 0.6 is 0 Å². The molecule has 1 aliphatic heterocycles. The van der Waals surface area contributed by atoms with Gasteiger partial charge in [-0.15, -0.1) is 0 Å². The molecule has 2 amide bonds. The first-order chi connectivity index (χ1) is 9.90. The van der Waals surface area contributed by atoms with Crippen molar-refractivity contribution in [3.05, 3.63) is 0 Å². The molecule has 0 aromatic heterocycles. The quantitative estimate of drug-likeness (QED) is 0.671. The zero-order valence-corrected chi connectivity index (χ0v) is 13.2. The first-order valence-electron chi connectivity index (χ1n) is 7.79. The molecule has 6 heteroatoms. The fourth-order valence-electron chi connectivity index (χ4n) is 2.57. The average Bonchev–Trinajstić information content (AvgIpc) is 2.43. The minimum absolute atomic E-state index is 0.0513. The van der Waals surface area contributed by atoms with Crippen LogP contribution in [0.25, 0.3) is 0 Å². The number of carboxylic acid groups (broad SMARTS) is 1. The normalized spacial score (nSPS) is 21.6. The van der Waals surface area contributed by atoms with Crippen LogP contribution in [0.2, 0.25) is 0 Å². The Morgan fingerprint density at radius 3 is 2.52 bits per heavy atom. The lowest BCUT2D eigenvalue weighted by Crippen LogP contribution is -2.49. The Morgan fingerprint density at radius 1 is 1.29 bits per heavy atom. The molecule has 6 nitrogen and oxygen atoms in total. The van der Waals surface area contributed by atoms with Gasteiger partial charge in [0.05, 0.1) is 18.1 Å². The first kappa shape index (κ1) is 17.8. The number of nitrogens with one attached hydrogen (secondary N) is 2. The monoisotopic (exact) mass is 300 g/mol. The summed E-state index contributed by atoms with van der Waals surface area (Å²) in [4.78, 5) is 23.0. The van der Waals surface area contributed by atoms with Crippen LogP contribution in [0.15, 0.2) is 0 Å². The topological polar surface area (TPSA) is 87.7 Å². The van der Waals surface area contributed by atoms with E-state index in [0.717, 1.165) is 25.9 Å². The van der Waals surface area contributed by atoms with E-state index in [-0.39, 0.29) is 30.6 Å². The maximum Gasteiger partial charge on any atom is 0.315 e. The number of urea groups is 1. The molecule has 0 saturated carbocycles. The second kappa shape index (κ2) is 8.87. The molecule has 0 bridgehead atoms. The van der Waals surface area contributed by atoms with E-state index < -0.39 is 11.9 Å². The van der Waals surface area contributed by atoms with Gasteiger partial charge in [0.1, 0.15) is 0 Å². The minimum Gasteiger partial charge on any atom is -0.481 e. The summed E-state index contributed by atoms with van der Waals surface area (Å²) in [6.07, 6.45) is 3.75. The van der Waals surface area contributed by atoms with E-state index in [4.69, 9.17) is 9.84 Å². The van der Waals surface area contributed by atoms with E-state index in [1.165, 1.54) is 0 Å². The number of carboxylic acids is 1. The molecule has 21 heavy (non-hydrogen) atoms. The fourth-order valence-corrected chi connectivity index (χ4v) is 2.57. The molecule has 1 aliphatic rings. The average molecular weight is 300 g/mol. The van der Waals surface area contributed by atoms with Crippen molar-refractivity contribution >= 4 is 12.0 Å². The van der Waals surface area contributed by atoms with E-state index in [1.54, 1.807) is 0 Å². The number of rotatable bonds is 7. The highest BCUT2D eigenvalue weighted by atomic mass is 16.5. The predicted molar refractivity (Wildman–Crippen MR) is 80.2 cm³/mol. The van der Waals surface area contributed by atoms with Crippen molar-refractivity contribution in [2.45, 2.75) is 58.6 Å². The Bertz CT molecular complexity index is 341. The van der Waals surface area contributed by atoms with Gasteiger partial charge in [-0.25, -0.2) is 4.79 Å². The lowest BCUT2D eigenvalue weighted by Gasteiger charge is -2.28. The second-order valence-corrected chi connectivity index (χ2v) is 6.21. The highest BCUT2D eigenvalue weighted by molar-refractivity contribution is 5.76. The number of amides is 2. The summed E-state index contributed by atoms with van der Waals surface area (Å²) in [5.74, 6) is -1.13. The number of hydrogen-bond acceptors (Lipinski definition) is 3. The standard InChI is InChI=1S/C15H28N2O4/c1-10(2)8-12(14(18)19)9-16-15(20)17-11(3)13-6-4-5-7-21-13/h10-13H,4-9H2,1-3H3,(H,18,19)(H2,16,17,20). The van der Waals surface area contributed by atoms with Crippen LogP contribution in [0.3, 0.4) is 0 Å². The van der Waals surface area contributed by atoms with Gasteiger partial charge in [-0.3, -0.25) is 4.79 Å². The van der Waals surface area contributed by atoms with Gasteiger partial charge in [0.25, 0.3) is 0 Å². The van der Waals surface area contributed by atoms with Gasteiger partial charge in [-0.05, 0) is 38.5 Å². The summed E-state index contributed by atoms with van der Waals surface area (Å²) in [7, 11) is 0. The van der Waals surface area contributed by atoms with Crippen molar-refractivity contribution < 1.29 is 19.4 Å². The fraction of sp³-hybridized carbons (Fsp3) is 0.867. The lowest BCUT2D eigenvalue weighted by atomic mass is 9.97. The van der Waals surface area contributed by atoms with Gasteiger partial charge in [0.2, 0.25) is 0 Å². The zero-order chi connectivity index (χ0) is 15.8. The van der Waals surface area contributed by atoms with E-state index in [1.807, 2.05) is 20.8 Å². The van der Waals surface area contributed by atoms with Crippen LogP contribution in [0.4, 0.5) is 4.79 Å². The van der Waals surface area contributed by atoms with Crippen LogP contribution in [-0.4, -0.2) is 42.4 Å². The summed E-state index contributed by atoms with van der Waals surface area (Å²) < 4.78 is 5.62. The summed E-state index contributed by atoms with van der Waals surface area (Å²) in [5.41, 5.74) is 0. The Morgan fingerprint density at radius 2 is 2.00 bits per heavy atom. The first-order valence-corrected chi connectivity index (χ1v) is 7.79. The molecule has 122 valence electrons. The van der Waals surface area contributed by atoms with Crippen LogP contribution in [0.5, 0.6) is 0 Å². The Hall–Kier alpha value is -1.30. The summed E-state index contributed by atoms with van der Waals surface area (Å²) in [5, 5.41) is 14.6. The SMILES string of the molecule is CC(C)CC(CNC(=O)NC(C)C1CCCCO1)C(=O)O. The van der Waals surface area contributed by atoms with Crippen molar-refractivity contribution in [1.29, 1.82) is 0 Å². The predicted octanol–water partition coefficient (Wildman–Crippen LogP) is 1.99. The molecular weight excluding hydrogens is 272 g/mol. The van der Waals surface area contributed by atoms with Crippen molar-refractivity contribution in [2.75, 3.05) is 13.2 Å². The summed E-state index contributed by atoms with van der Waals surface area (Å²) in [6, 6.07) is -0.398.